The Morgan fingerprint density at radius 1 is 1.32 bits per heavy atom. The molecule has 1 heterocycles. The minimum Gasteiger partial charge on any atom is -0.482 e. The number of nitrogens with one attached hydrogen (secondary N) is 1. The Balaban J connectivity index is 1.84. The molecule has 0 fully saturated rings. The van der Waals surface area contributed by atoms with Crippen molar-refractivity contribution in [1.29, 1.82) is 0 Å². The number of aryl methyl sites for hydroxylation is 1. The molecule has 22 heavy (non-hydrogen) atoms. The Bertz CT molecular complexity index is 662. The van der Waals surface area contributed by atoms with Crippen LogP contribution in [0.4, 0.5) is 0 Å². The summed E-state index contributed by atoms with van der Waals surface area (Å²) in [5.41, 5.74) is 1.91. The zero-order valence-electron chi connectivity index (χ0n) is 12.4. The fraction of sp³-hybridized carbons (Fsp3) is 0.250. The summed E-state index contributed by atoms with van der Waals surface area (Å²) in [6.45, 7) is 2.22. The van der Waals surface area contributed by atoms with Crippen LogP contribution in [-0.4, -0.2) is 24.6 Å². The number of pyridine rings is 1. The molecule has 1 amide bonds. The summed E-state index contributed by atoms with van der Waals surface area (Å²) >= 11 is 6.01. The van der Waals surface area contributed by atoms with Crippen molar-refractivity contribution in [3.05, 3.63) is 52.7 Å². The van der Waals surface area contributed by atoms with Crippen LogP contribution in [0.25, 0.3) is 0 Å². The summed E-state index contributed by atoms with van der Waals surface area (Å²) in [7, 11) is 1.55. The van der Waals surface area contributed by atoms with Crippen molar-refractivity contribution >= 4 is 17.5 Å². The summed E-state index contributed by atoms with van der Waals surface area (Å²) in [4.78, 5) is 15.8. The molecule has 0 radical (unpaired) electrons. The van der Waals surface area contributed by atoms with E-state index < -0.39 is 0 Å². The molecule has 0 spiro atoms. The number of benzene rings is 1. The van der Waals surface area contributed by atoms with Crippen molar-refractivity contribution in [2.24, 2.45) is 0 Å². The van der Waals surface area contributed by atoms with Crippen LogP contribution >= 0.6 is 11.6 Å². The highest BCUT2D eigenvalue weighted by Crippen LogP contribution is 2.25. The second kappa shape index (κ2) is 7.66. The van der Waals surface area contributed by atoms with E-state index >= 15 is 0 Å². The summed E-state index contributed by atoms with van der Waals surface area (Å²) in [6, 6.07) is 8.99. The van der Waals surface area contributed by atoms with Gasteiger partial charge >= 0.3 is 0 Å². The number of methoxy groups -OCH3 is 1. The fourth-order valence-electron chi connectivity index (χ4n) is 1.79. The van der Waals surface area contributed by atoms with E-state index in [2.05, 4.69) is 10.3 Å². The minimum absolute atomic E-state index is 0.0919. The Labute approximate surface area is 134 Å². The zero-order valence-corrected chi connectivity index (χ0v) is 13.2. The van der Waals surface area contributed by atoms with Gasteiger partial charge in [-0.05, 0) is 36.2 Å². The number of rotatable bonds is 6. The lowest BCUT2D eigenvalue weighted by Gasteiger charge is -2.10. The quantitative estimate of drug-likeness (QED) is 0.889. The van der Waals surface area contributed by atoms with Crippen LogP contribution in [-0.2, 0) is 11.3 Å². The van der Waals surface area contributed by atoms with Gasteiger partial charge in [0, 0.05) is 18.8 Å². The Hall–Kier alpha value is -2.27. The van der Waals surface area contributed by atoms with E-state index in [0.29, 0.717) is 23.2 Å². The predicted molar refractivity (Wildman–Crippen MR) is 84.3 cm³/mol. The van der Waals surface area contributed by atoms with Crippen LogP contribution in [0.1, 0.15) is 11.1 Å². The number of carbonyl (C=O) groups is 1. The standard InChI is InChI=1S/C16H17ClN2O3/c1-11-3-4-13(17)14(7-11)22-10-15(20)19-9-12-5-6-18-16(8-12)21-2/h3-8H,9-10H2,1-2H3,(H,19,20). The van der Waals surface area contributed by atoms with E-state index in [4.69, 9.17) is 21.1 Å². The molecule has 0 bridgehead atoms. The molecular formula is C16H17ClN2O3. The minimum atomic E-state index is -0.228. The number of halogens is 1. The van der Waals surface area contributed by atoms with Crippen molar-refractivity contribution in [1.82, 2.24) is 10.3 Å². The number of ether oxygens (including phenoxy) is 2. The van der Waals surface area contributed by atoms with Gasteiger partial charge in [0.1, 0.15) is 5.75 Å². The van der Waals surface area contributed by atoms with Gasteiger partial charge in [-0.1, -0.05) is 17.7 Å². The molecule has 2 aromatic rings. The van der Waals surface area contributed by atoms with E-state index in [1.807, 2.05) is 13.0 Å². The molecule has 0 aliphatic rings. The molecule has 1 N–H and O–H groups in total. The third kappa shape index (κ3) is 4.63. The molecule has 5 nitrogen and oxygen atoms in total. The lowest BCUT2D eigenvalue weighted by Crippen LogP contribution is -2.28. The van der Waals surface area contributed by atoms with E-state index in [0.717, 1.165) is 11.1 Å². The van der Waals surface area contributed by atoms with Crippen molar-refractivity contribution in [2.45, 2.75) is 13.5 Å². The molecule has 6 heteroatoms. The van der Waals surface area contributed by atoms with E-state index in [1.54, 1.807) is 37.6 Å². The molecule has 2 rings (SSSR count). The average Bonchev–Trinajstić information content (AvgIpc) is 2.54. The zero-order chi connectivity index (χ0) is 15.9. The smallest absolute Gasteiger partial charge is 0.258 e. The Kier molecular flexibility index (Phi) is 5.61. The number of amides is 1. The van der Waals surface area contributed by atoms with Crippen LogP contribution < -0.4 is 14.8 Å². The van der Waals surface area contributed by atoms with Gasteiger partial charge in [0.15, 0.2) is 6.61 Å². The maximum atomic E-state index is 11.8. The fourth-order valence-corrected chi connectivity index (χ4v) is 1.96. The molecule has 0 unspecified atom stereocenters. The van der Waals surface area contributed by atoms with Crippen LogP contribution in [0.2, 0.25) is 5.02 Å². The summed E-state index contributed by atoms with van der Waals surface area (Å²) in [5.74, 6) is 0.783. The molecule has 1 aromatic heterocycles. The number of carbonyl (C=O) groups excluding carboxylic acids is 1. The maximum Gasteiger partial charge on any atom is 0.258 e. The summed E-state index contributed by atoms with van der Waals surface area (Å²) < 4.78 is 10.5. The lowest BCUT2D eigenvalue weighted by molar-refractivity contribution is -0.123. The number of aromatic nitrogens is 1. The van der Waals surface area contributed by atoms with Crippen LogP contribution in [0, 0.1) is 6.92 Å². The molecule has 116 valence electrons. The largest absolute Gasteiger partial charge is 0.482 e. The number of nitrogens with zero attached hydrogens (tertiary/aromatic N) is 1. The van der Waals surface area contributed by atoms with Crippen molar-refractivity contribution in [2.75, 3.05) is 13.7 Å². The van der Waals surface area contributed by atoms with E-state index in [1.165, 1.54) is 0 Å². The van der Waals surface area contributed by atoms with Crippen molar-refractivity contribution in [3.8, 4) is 11.6 Å². The number of hydrogen-bond donors (Lipinski definition) is 1. The van der Waals surface area contributed by atoms with Crippen LogP contribution in [0.3, 0.4) is 0 Å². The average molecular weight is 321 g/mol. The summed E-state index contributed by atoms with van der Waals surface area (Å²) in [5, 5.41) is 3.25. The number of hydrogen-bond acceptors (Lipinski definition) is 4. The predicted octanol–water partition coefficient (Wildman–Crippen LogP) is 2.75. The normalized spacial score (nSPS) is 10.1. The first-order valence-corrected chi connectivity index (χ1v) is 7.11. The topological polar surface area (TPSA) is 60.5 Å². The van der Waals surface area contributed by atoms with Gasteiger partial charge < -0.3 is 14.8 Å². The highest BCUT2D eigenvalue weighted by atomic mass is 35.5. The van der Waals surface area contributed by atoms with Crippen LogP contribution in [0.15, 0.2) is 36.5 Å². The summed E-state index contributed by atoms with van der Waals surface area (Å²) in [6.07, 6.45) is 1.63. The van der Waals surface area contributed by atoms with Gasteiger partial charge in [-0.15, -0.1) is 0 Å². The van der Waals surface area contributed by atoms with Gasteiger partial charge in [-0.25, -0.2) is 4.98 Å². The van der Waals surface area contributed by atoms with Gasteiger partial charge in [0.25, 0.3) is 5.91 Å². The molecule has 1 aromatic carbocycles. The third-order valence-corrected chi connectivity index (χ3v) is 3.26. The van der Waals surface area contributed by atoms with E-state index in [9.17, 15) is 4.79 Å². The third-order valence-electron chi connectivity index (χ3n) is 2.94. The van der Waals surface area contributed by atoms with Gasteiger partial charge in [0.05, 0.1) is 12.1 Å². The second-order valence-electron chi connectivity index (χ2n) is 4.71. The highest BCUT2D eigenvalue weighted by molar-refractivity contribution is 6.32. The van der Waals surface area contributed by atoms with E-state index in [-0.39, 0.29) is 12.5 Å². The van der Waals surface area contributed by atoms with Gasteiger partial charge in [0.2, 0.25) is 5.88 Å². The Morgan fingerprint density at radius 2 is 2.14 bits per heavy atom. The molecule has 0 atom stereocenters. The molecule has 0 aliphatic carbocycles. The van der Waals surface area contributed by atoms with Crippen molar-refractivity contribution < 1.29 is 14.3 Å². The van der Waals surface area contributed by atoms with Gasteiger partial charge in [-0.3, -0.25) is 4.79 Å². The van der Waals surface area contributed by atoms with Gasteiger partial charge in [-0.2, -0.15) is 0 Å². The first-order chi connectivity index (χ1) is 10.6. The first-order valence-electron chi connectivity index (χ1n) is 6.73. The van der Waals surface area contributed by atoms with Crippen LogP contribution in [0.5, 0.6) is 11.6 Å². The molecule has 0 aliphatic heterocycles. The molecular weight excluding hydrogens is 304 g/mol. The SMILES string of the molecule is COc1cc(CNC(=O)COc2cc(C)ccc2Cl)ccn1. The molecule has 0 saturated heterocycles. The first kappa shape index (κ1) is 16.1. The Morgan fingerprint density at radius 3 is 2.91 bits per heavy atom. The van der Waals surface area contributed by atoms with Crippen molar-refractivity contribution in [3.63, 3.8) is 0 Å². The lowest BCUT2D eigenvalue weighted by atomic mass is 10.2. The second-order valence-corrected chi connectivity index (χ2v) is 5.11. The highest BCUT2D eigenvalue weighted by Gasteiger charge is 2.06. The maximum absolute atomic E-state index is 11.8. The monoisotopic (exact) mass is 320 g/mol. The molecule has 0 saturated carbocycles.